The first-order chi connectivity index (χ1) is 9.16. The fourth-order valence-electron chi connectivity index (χ4n) is 2.42. The molecule has 1 fully saturated rings. The lowest BCUT2D eigenvalue weighted by Gasteiger charge is -2.26. The van der Waals surface area contributed by atoms with E-state index in [1.807, 2.05) is 0 Å². The van der Waals surface area contributed by atoms with Gasteiger partial charge in [0.15, 0.2) is 5.65 Å². The van der Waals surface area contributed by atoms with Crippen LogP contribution >= 0.6 is 22.6 Å². The fourth-order valence-corrected chi connectivity index (χ4v) is 3.19. The molecule has 0 amide bonds. The fraction of sp³-hybridized carbons (Fsp3) is 0.545. The molecule has 1 aliphatic rings. The number of alkyl halides is 1. The molecule has 8 heteroatoms. The standard InChI is InChI=1S/C11H14FIN6/c12-7-3-15-2-1-6(7)4-19-11-8(9(13)18-19)10(14)16-5-17-11/h5-7,15H,1-4H2,(H2,14,16,17)/t6?,7-/m0/s1. The van der Waals surface area contributed by atoms with Crippen molar-refractivity contribution in [1.82, 2.24) is 25.1 Å². The van der Waals surface area contributed by atoms with E-state index in [-0.39, 0.29) is 5.92 Å². The maximum absolute atomic E-state index is 13.9. The van der Waals surface area contributed by atoms with Crippen LogP contribution < -0.4 is 11.1 Å². The maximum Gasteiger partial charge on any atom is 0.164 e. The minimum absolute atomic E-state index is 0.0312. The Hall–Kier alpha value is -1.03. The minimum atomic E-state index is -0.843. The number of hydrogen-bond donors (Lipinski definition) is 2. The molecule has 2 aromatic rings. The first-order valence-electron chi connectivity index (χ1n) is 6.14. The van der Waals surface area contributed by atoms with E-state index in [4.69, 9.17) is 5.73 Å². The molecule has 3 rings (SSSR count). The molecule has 1 saturated heterocycles. The number of hydrogen-bond acceptors (Lipinski definition) is 5. The van der Waals surface area contributed by atoms with E-state index in [2.05, 4.69) is 43.0 Å². The van der Waals surface area contributed by atoms with Gasteiger partial charge >= 0.3 is 0 Å². The maximum atomic E-state index is 13.9. The number of nitrogens with two attached hydrogens (primary N) is 1. The van der Waals surface area contributed by atoms with Crippen LogP contribution in [0.4, 0.5) is 10.2 Å². The Morgan fingerprint density at radius 3 is 3.16 bits per heavy atom. The van der Waals surface area contributed by atoms with Crippen molar-refractivity contribution < 1.29 is 4.39 Å². The third-order valence-corrected chi connectivity index (χ3v) is 4.22. The van der Waals surface area contributed by atoms with Gasteiger partial charge in [0.25, 0.3) is 0 Å². The molecule has 0 aromatic carbocycles. The van der Waals surface area contributed by atoms with Crippen molar-refractivity contribution >= 4 is 39.4 Å². The van der Waals surface area contributed by atoms with E-state index in [9.17, 15) is 4.39 Å². The molecular formula is C11H14FIN6. The number of nitrogens with one attached hydrogen (secondary N) is 1. The lowest BCUT2D eigenvalue weighted by molar-refractivity contribution is 0.160. The highest BCUT2D eigenvalue weighted by atomic mass is 127. The summed E-state index contributed by atoms with van der Waals surface area (Å²) in [6, 6.07) is 0. The van der Waals surface area contributed by atoms with Gasteiger partial charge < -0.3 is 11.1 Å². The summed E-state index contributed by atoms with van der Waals surface area (Å²) in [5, 5.41) is 8.22. The molecule has 2 aromatic heterocycles. The normalized spacial score (nSPS) is 23.9. The molecule has 0 spiro atoms. The number of nitrogen functional groups attached to an aromatic ring is 1. The van der Waals surface area contributed by atoms with Crippen molar-refractivity contribution in [2.24, 2.45) is 5.92 Å². The second-order valence-corrected chi connectivity index (χ2v) is 5.72. The quantitative estimate of drug-likeness (QED) is 0.764. The number of nitrogens with zero attached hydrogens (tertiary/aromatic N) is 4. The molecular weight excluding hydrogens is 362 g/mol. The number of piperidine rings is 1. The predicted molar refractivity (Wildman–Crippen MR) is 78.3 cm³/mol. The summed E-state index contributed by atoms with van der Waals surface area (Å²) in [5.41, 5.74) is 6.52. The van der Waals surface area contributed by atoms with Crippen molar-refractivity contribution in [2.45, 2.75) is 19.1 Å². The van der Waals surface area contributed by atoms with Gasteiger partial charge in [-0.3, -0.25) is 0 Å². The lowest BCUT2D eigenvalue weighted by Crippen LogP contribution is -2.39. The summed E-state index contributed by atoms with van der Waals surface area (Å²) < 4.78 is 16.4. The molecule has 102 valence electrons. The molecule has 1 unspecified atom stereocenters. The molecule has 19 heavy (non-hydrogen) atoms. The van der Waals surface area contributed by atoms with E-state index in [0.717, 1.165) is 22.1 Å². The SMILES string of the molecule is Nc1ncnc2c1c(I)nn2CC1CCNC[C@@H]1F. The Balaban J connectivity index is 1.95. The zero-order valence-electron chi connectivity index (χ0n) is 10.2. The minimum Gasteiger partial charge on any atom is -0.383 e. The zero-order chi connectivity index (χ0) is 13.4. The number of halogens is 2. The summed E-state index contributed by atoms with van der Waals surface area (Å²) in [5.74, 6) is 0.388. The highest BCUT2D eigenvalue weighted by molar-refractivity contribution is 14.1. The van der Waals surface area contributed by atoms with Crippen LogP contribution in [-0.4, -0.2) is 39.0 Å². The first-order valence-corrected chi connectivity index (χ1v) is 7.22. The third kappa shape index (κ3) is 2.38. The van der Waals surface area contributed by atoms with Crippen molar-refractivity contribution in [1.29, 1.82) is 0 Å². The summed E-state index contributed by atoms with van der Waals surface area (Å²) in [7, 11) is 0. The summed E-state index contributed by atoms with van der Waals surface area (Å²) in [6.07, 6.45) is 1.38. The second-order valence-electron chi connectivity index (χ2n) is 4.70. The molecule has 3 heterocycles. The van der Waals surface area contributed by atoms with Gasteiger partial charge in [0.1, 0.15) is 22.0 Å². The van der Waals surface area contributed by atoms with Gasteiger partial charge in [0.05, 0.1) is 5.39 Å². The third-order valence-electron chi connectivity index (χ3n) is 3.47. The first kappa shape index (κ1) is 13.0. The van der Waals surface area contributed by atoms with Gasteiger partial charge in [-0.25, -0.2) is 19.0 Å². The van der Waals surface area contributed by atoms with Crippen LogP contribution in [0, 0.1) is 9.62 Å². The van der Waals surface area contributed by atoms with Crippen LogP contribution in [0.25, 0.3) is 11.0 Å². The van der Waals surface area contributed by atoms with Gasteiger partial charge in [-0.15, -0.1) is 0 Å². The van der Waals surface area contributed by atoms with E-state index in [0.29, 0.717) is 24.6 Å². The number of fused-ring (bicyclic) bond motifs is 1. The predicted octanol–water partition coefficient (Wildman–Crippen LogP) is 0.961. The smallest absolute Gasteiger partial charge is 0.164 e. The molecule has 0 saturated carbocycles. The Kier molecular flexibility index (Phi) is 3.52. The van der Waals surface area contributed by atoms with Crippen LogP contribution in [0.5, 0.6) is 0 Å². The average Bonchev–Trinajstić information content (AvgIpc) is 2.71. The number of rotatable bonds is 2. The van der Waals surface area contributed by atoms with Crippen LogP contribution in [-0.2, 0) is 6.54 Å². The van der Waals surface area contributed by atoms with Crippen molar-refractivity contribution in [2.75, 3.05) is 18.8 Å². The summed E-state index contributed by atoms with van der Waals surface area (Å²) in [6.45, 7) is 1.79. The Labute approximate surface area is 123 Å². The number of anilines is 1. The number of aromatic nitrogens is 4. The average molecular weight is 376 g/mol. The van der Waals surface area contributed by atoms with E-state index in [1.165, 1.54) is 6.33 Å². The second kappa shape index (κ2) is 5.16. The van der Waals surface area contributed by atoms with Gasteiger partial charge in [-0.2, -0.15) is 5.10 Å². The Bertz CT molecular complexity index is 600. The Morgan fingerprint density at radius 1 is 1.53 bits per heavy atom. The van der Waals surface area contributed by atoms with Gasteiger partial charge in [-0.05, 0) is 35.6 Å². The van der Waals surface area contributed by atoms with E-state index >= 15 is 0 Å². The molecule has 2 atom stereocenters. The van der Waals surface area contributed by atoms with Gasteiger partial charge in [0, 0.05) is 19.0 Å². The van der Waals surface area contributed by atoms with Crippen LogP contribution in [0.15, 0.2) is 6.33 Å². The van der Waals surface area contributed by atoms with E-state index < -0.39 is 6.17 Å². The highest BCUT2D eigenvalue weighted by Gasteiger charge is 2.26. The highest BCUT2D eigenvalue weighted by Crippen LogP contribution is 2.25. The van der Waals surface area contributed by atoms with Crippen LogP contribution in [0.3, 0.4) is 0 Å². The van der Waals surface area contributed by atoms with Crippen LogP contribution in [0.1, 0.15) is 6.42 Å². The van der Waals surface area contributed by atoms with Crippen molar-refractivity contribution in [3.05, 3.63) is 10.0 Å². The molecule has 3 N–H and O–H groups in total. The molecule has 0 aliphatic carbocycles. The van der Waals surface area contributed by atoms with Crippen molar-refractivity contribution in [3.63, 3.8) is 0 Å². The summed E-state index contributed by atoms with van der Waals surface area (Å²) in [4.78, 5) is 8.19. The van der Waals surface area contributed by atoms with Crippen LogP contribution in [0.2, 0.25) is 0 Å². The summed E-state index contributed by atoms with van der Waals surface area (Å²) >= 11 is 2.11. The topological polar surface area (TPSA) is 81.7 Å². The van der Waals surface area contributed by atoms with E-state index in [1.54, 1.807) is 4.68 Å². The molecule has 0 bridgehead atoms. The van der Waals surface area contributed by atoms with Crippen molar-refractivity contribution in [3.8, 4) is 0 Å². The molecule has 1 aliphatic heterocycles. The Morgan fingerprint density at radius 2 is 2.37 bits per heavy atom. The van der Waals surface area contributed by atoms with Gasteiger partial charge in [0.2, 0.25) is 0 Å². The molecule has 0 radical (unpaired) electrons. The lowest BCUT2D eigenvalue weighted by atomic mass is 9.96. The zero-order valence-corrected chi connectivity index (χ0v) is 12.3. The monoisotopic (exact) mass is 376 g/mol. The van der Waals surface area contributed by atoms with Gasteiger partial charge in [-0.1, -0.05) is 0 Å². The molecule has 6 nitrogen and oxygen atoms in total. The largest absolute Gasteiger partial charge is 0.383 e.